The Balaban J connectivity index is 1.90. The first-order valence-corrected chi connectivity index (χ1v) is 6.13. The third kappa shape index (κ3) is 4.43. The topological polar surface area (TPSA) is 32.3 Å². The Morgan fingerprint density at radius 1 is 1.36 bits per heavy atom. The van der Waals surface area contributed by atoms with Crippen molar-refractivity contribution < 1.29 is 5.11 Å². The molecule has 0 aromatic heterocycles. The van der Waals surface area contributed by atoms with Crippen molar-refractivity contribution in [2.75, 3.05) is 6.54 Å². The van der Waals surface area contributed by atoms with Crippen molar-refractivity contribution in [3.63, 3.8) is 0 Å². The quantitative estimate of drug-likeness (QED) is 0.617. The van der Waals surface area contributed by atoms with Gasteiger partial charge >= 0.3 is 0 Å². The fourth-order valence-electron chi connectivity index (χ4n) is 2.04. The molecular formula is C12H25NO. The minimum atomic E-state index is -0.00259. The molecule has 0 aromatic rings. The molecule has 1 atom stereocenters. The summed E-state index contributed by atoms with van der Waals surface area (Å²) in [4.78, 5) is 0. The molecule has 0 spiro atoms. The lowest BCUT2D eigenvalue weighted by molar-refractivity contribution is 0.0419. The van der Waals surface area contributed by atoms with Gasteiger partial charge in [-0.15, -0.1) is 0 Å². The van der Waals surface area contributed by atoms with Crippen LogP contribution in [0.1, 0.15) is 52.4 Å². The third-order valence-electron chi connectivity index (χ3n) is 3.21. The maximum absolute atomic E-state index is 9.13. The van der Waals surface area contributed by atoms with Gasteiger partial charge in [0, 0.05) is 6.04 Å². The van der Waals surface area contributed by atoms with Gasteiger partial charge < -0.3 is 10.4 Å². The predicted octanol–water partition coefficient (Wildman–Crippen LogP) is 2.32. The van der Waals surface area contributed by atoms with Gasteiger partial charge in [0.25, 0.3) is 0 Å². The third-order valence-corrected chi connectivity index (χ3v) is 3.21. The molecule has 1 aliphatic carbocycles. The smallest absolute Gasteiger partial charge is 0.0546 e. The molecule has 14 heavy (non-hydrogen) atoms. The first-order valence-electron chi connectivity index (χ1n) is 6.13. The first-order chi connectivity index (χ1) is 6.72. The zero-order valence-corrected chi connectivity index (χ0v) is 9.63. The highest BCUT2D eigenvalue weighted by Crippen LogP contribution is 2.26. The monoisotopic (exact) mass is 199 g/mol. The summed E-state index contributed by atoms with van der Waals surface area (Å²) < 4.78 is 0. The second-order valence-electron chi connectivity index (χ2n) is 4.80. The molecule has 84 valence electrons. The Hall–Kier alpha value is -0.0800. The SMILES string of the molecule is CCCCCC(C)NCC1CC(O)C1. The Morgan fingerprint density at radius 3 is 2.64 bits per heavy atom. The molecule has 2 N–H and O–H groups in total. The molecule has 0 saturated heterocycles. The van der Waals surface area contributed by atoms with Gasteiger partial charge in [0.1, 0.15) is 0 Å². The van der Waals surface area contributed by atoms with Crippen LogP contribution in [0, 0.1) is 5.92 Å². The van der Waals surface area contributed by atoms with Crippen LogP contribution in [0.25, 0.3) is 0 Å². The molecule has 0 radical (unpaired) electrons. The van der Waals surface area contributed by atoms with Crippen molar-refractivity contribution in [1.82, 2.24) is 5.32 Å². The van der Waals surface area contributed by atoms with E-state index in [1.54, 1.807) is 0 Å². The van der Waals surface area contributed by atoms with Gasteiger partial charge in [-0.1, -0.05) is 26.2 Å². The van der Waals surface area contributed by atoms with E-state index < -0.39 is 0 Å². The largest absolute Gasteiger partial charge is 0.393 e. The average molecular weight is 199 g/mol. The number of nitrogens with one attached hydrogen (secondary N) is 1. The van der Waals surface area contributed by atoms with Crippen LogP contribution in [0.15, 0.2) is 0 Å². The van der Waals surface area contributed by atoms with E-state index in [0.29, 0.717) is 6.04 Å². The minimum absolute atomic E-state index is 0.00259. The van der Waals surface area contributed by atoms with Crippen molar-refractivity contribution in [3.05, 3.63) is 0 Å². The van der Waals surface area contributed by atoms with Gasteiger partial charge in [-0.25, -0.2) is 0 Å². The molecule has 1 aliphatic rings. The molecular weight excluding hydrogens is 174 g/mol. The lowest BCUT2D eigenvalue weighted by Gasteiger charge is -2.32. The van der Waals surface area contributed by atoms with Gasteiger partial charge in [-0.3, -0.25) is 0 Å². The Labute approximate surface area is 88.1 Å². The van der Waals surface area contributed by atoms with Crippen molar-refractivity contribution in [1.29, 1.82) is 0 Å². The summed E-state index contributed by atoms with van der Waals surface area (Å²) in [6, 6.07) is 0.652. The van der Waals surface area contributed by atoms with Crippen LogP contribution in [0.5, 0.6) is 0 Å². The van der Waals surface area contributed by atoms with Crippen LogP contribution < -0.4 is 5.32 Å². The number of hydrogen-bond donors (Lipinski definition) is 2. The highest BCUT2D eigenvalue weighted by molar-refractivity contribution is 4.80. The van der Waals surface area contributed by atoms with Crippen molar-refractivity contribution >= 4 is 0 Å². The summed E-state index contributed by atoms with van der Waals surface area (Å²) in [7, 11) is 0. The summed E-state index contributed by atoms with van der Waals surface area (Å²) in [5.41, 5.74) is 0. The zero-order chi connectivity index (χ0) is 10.4. The molecule has 1 unspecified atom stereocenters. The van der Waals surface area contributed by atoms with E-state index in [9.17, 15) is 0 Å². The lowest BCUT2D eigenvalue weighted by atomic mass is 9.82. The summed E-state index contributed by atoms with van der Waals surface area (Å²) >= 11 is 0. The van der Waals surface area contributed by atoms with Gasteiger partial charge in [0.05, 0.1) is 6.10 Å². The van der Waals surface area contributed by atoms with Gasteiger partial charge in [0.15, 0.2) is 0 Å². The van der Waals surface area contributed by atoms with Gasteiger partial charge in [-0.2, -0.15) is 0 Å². The number of aliphatic hydroxyl groups is 1. The van der Waals surface area contributed by atoms with Crippen LogP contribution in [0.4, 0.5) is 0 Å². The van der Waals surface area contributed by atoms with Crippen LogP contribution in [0.2, 0.25) is 0 Å². The summed E-state index contributed by atoms with van der Waals surface area (Å²) in [6.45, 7) is 5.61. The predicted molar refractivity (Wildman–Crippen MR) is 60.3 cm³/mol. The highest BCUT2D eigenvalue weighted by atomic mass is 16.3. The fourth-order valence-corrected chi connectivity index (χ4v) is 2.04. The molecule has 2 nitrogen and oxygen atoms in total. The van der Waals surface area contributed by atoms with Gasteiger partial charge in [-0.05, 0) is 38.6 Å². The average Bonchev–Trinajstić information content (AvgIpc) is 2.11. The van der Waals surface area contributed by atoms with E-state index in [2.05, 4.69) is 19.2 Å². The van der Waals surface area contributed by atoms with Crippen molar-refractivity contribution in [3.8, 4) is 0 Å². The normalized spacial score (nSPS) is 28.5. The summed E-state index contributed by atoms with van der Waals surface area (Å²) in [5.74, 6) is 0.735. The lowest BCUT2D eigenvalue weighted by Crippen LogP contribution is -2.39. The van der Waals surface area contributed by atoms with E-state index in [1.165, 1.54) is 25.7 Å². The van der Waals surface area contributed by atoms with Crippen LogP contribution in [-0.2, 0) is 0 Å². The molecule has 0 bridgehead atoms. The molecule has 0 heterocycles. The van der Waals surface area contributed by atoms with Gasteiger partial charge in [0.2, 0.25) is 0 Å². The molecule has 0 amide bonds. The van der Waals surface area contributed by atoms with Crippen molar-refractivity contribution in [2.24, 2.45) is 5.92 Å². The maximum atomic E-state index is 9.13. The second-order valence-corrected chi connectivity index (χ2v) is 4.80. The van der Waals surface area contributed by atoms with E-state index in [1.807, 2.05) is 0 Å². The molecule has 0 aromatic carbocycles. The Morgan fingerprint density at radius 2 is 2.07 bits per heavy atom. The Bertz CT molecular complexity index is 143. The number of hydrogen-bond acceptors (Lipinski definition) is 2. The molecule has 1 saturated carbocycles. The summed E-state index contributed by atoms with van der Waals surface area (Å²) in [5, 5.41) is 12.7. The van der Waals surface area contributed by atoms with E-state index in [0.717, 1.165) is 25.3 Å². The molecule has 1 rings (SSSR count). The van der Waals surface area contributed by atoms with E-state index in [4.69, 9.17) is 5.11 Å². The minimum Gasteiger partial charge on any atom is -0.393 e. The van der Waals surface area contributed by atoms with Crippen molar-refractivity contribution in [2.45, 2.75) is 64.5 Å². The van der Waals surface area contributed by atoms with Crippen LogP contribution >= 0.6 is 0 Å². The number of rotatable bonds is 7. The molecule has 1 fully saturated rings. The van der Waals surface area contributed by atoms with Crippen LogP contribution in [0.3, 0.4) is 0 Å². The first kappa shape index (κ1) is 12.0. The molecule has 2 heteroatoms. The maximum Gasteiger partial charge on any atom is 0.0546 e. The van der Waals surface area contributed by atoms with E-state index in [-0.39, 0.29) is 6.10 Å². The Kier molecular flexibility index (Phi) is 5.49. The zero-order valence-electron chi connectivity index (χ0n) is 9.63. The summed E-state index contributed by atoms with van der Waals surface area (Å²) in [6.07, 6.45) is 7.32. The standard InChI is InChI=1S/C12H25NO/c1-3-4-5-6-10(2)13-9-11-7-12(14)8-11/h10-14H,3-9H2,1-2H3. The fraction of sp³-hybridized carbons (Fsp3) is 1.00. The second kappa shape index (κ2) is 6.41. The van der Waals surface area contributed by atoms with E-state index >= 15 is 0 Å². The van der Waals surface area contributed by atoms with Crippen LogP contribution in [-0.4, -0.2) is 23.8 Å². The highest BCUT2D eigenvalue weighted by Gasteiger charge is 2.26. The molecule has 0 aliphatic heterocycles. The number of unbranched alkanes of at least 4 members (excludes halogenated alkanes) is 2. The number of aliphatic hydroxyl groups excluding tert-OH is 1.